The first-order chi connectivity index (χ1) is 6.79. The highest BCUT2D eigenvalue weighted by Crippen LogP contribution is 2.16. The Morgan fingerprint density at radius 2 is 2.14 bits per heavy atom. The molecule has 76 valence electrons. The number of nitrogens with two attached hydrogens (primary N) is 1. The first-order valence-electron chi connectivity index (χ1n) is 4.43. The average molecular weight is 194 g/mol. The second-order valence-electron chi connectivity index (χ2n) is 2.77. The van der Waals surface area contributed by atoms with Crippen molar-refractivity contribution in [3.8, 4) is 0 Å². The van der Waals surface area contributed by atoms with Gasteiger partial charge >= 0.3 is 0 Å². The minimum Gasteiger partial charge on any atom is -0.409 e. The van der Waals surface area contributed by atoms with Crippen LogP contribution in [0.15, 0.2) is 35.5 Å². The predicted octanol–water partition coefficient (Wildman–Crippen LogP) is 1.51. The van der Waals surface area contributed by atoms with Crippen molar-refractivity contribution in [3.63, 3.8) is 0 Å². The lowest BCUT2D eigenvalue weighted by molar-refractivity contribution is 0.106. The fourth-order valence-electron chi connectivity index (χ4n) is 1.20. The van der Waals surface area contributed by atoms with E-state index < -0.39 is 6.10 Å². The lowest BCUT2D eigenvalue weighted by atomic mass is 10.1. The molecule has 0 aliphatic carbocycles. The van der Waals surface area contributed by atoms with Crippen LogP contribution in [-0.4, -0.2) is 17.6 Å². The zero-order chi connectivity index (χ0) is 10.4. The minimum absolute atomic E-state index is 0.0676. The van der Waals surface area contributed by atoms with Crippen LogP contribution in [0.5, 0.6) is 0 Å². The highest BCUT2D eigenvalue weighted by molar-refractivity contribution is 5.85. The van der Waals surface area contributed by atoms with Gasteiger partial charge in [-0.15, -0.1) is 0 Å². The number of ether oxygens (including phenoxy) is 1. The molecule has 0 fully saturated rings. The van der Waals surface area contributed by atoms with Gasteiger partial charge in [0.2, 0.25) is 0 Å². The van der Waals surface area contributed by atoms with Crippen LogP contribution in [0.25, 0.3) is 0 Å². The van der Waals surface area contributed by atoms with Crippen LogP contribution >= 0.6 is 0 Å². The van der Waals surface area contributed by atoms with Crippen molar-refractivity contribution >= 4 is 5.84 Å². The van der Waals surface area contributed by atoms with Crippen LogP contribution in [0, 0.1) is 0 Å². The summed E-state index contributed by atoms with van der Waals surface area (Å²) < 4.78 is 5.36. The standard InChI is InChI=1S/C10H14N2O2/c1-2-14-9(10(11)12-13)8-6-4-3-5-7-8/h3-7,9,13H,2H2,1H3,(H2,11,12). The summed E-state index contributed by atoms with van der Waals surface area (Å²) in [6.07, 6.45) is -0.466. The Balaban J connectivity index is 2.89. The molecule has 4 nitrogen and oxygen atoms in total. The summed E-state index contributed by atoms with van der Waals surface area (Å²) in [7, 11) is 0. The number of nitrogens with zero attached hydrogens (tertiary/aromatic N) is 1. The van der Waals surface area contributed by atoms with E-state index in [2.05, 4.69) is 5.16 Å². The normalized spacial score (nSPS) is 13.9. The van der Waals surface area contributed by atoms with Crippen molar-refractivity contribution in [2.45, 2.75) is 13.0 Å². The Bertz CT molecular complexity index is 298. The SMILES string of the molecule is CCOC(/C(N)=N/O)c1ccccc1. The molecule has 1 aromatic carbocycles. The fraction of sp³-hybridized carbons (Fsp3) is 0.300. The number of oxime groups is 1. The smallest absolute Gasteiger partial charge is 0.173 e. The van der Waals surface area contributed by atoms with Gasteiger partial charge in [0.15, 0.2) is 5.84 Å². The van der Waals surface area contributed by atoms with E-state index in [0.717, 1.165) is 5.56 Å². The summed E-state index contributed by atoms with van der Waals surface area (Å²) >= 11 is 0. The number of amidine groups is 1. The van der Waals surface area contributed by atoms with Gasteiger partial charge in [0.25, 0.3) is 0 Å². The maximum absolute atomic E-state index is 8.58. The number of hydrogen-bond acceptors (Lipinski definition) is 3. The van der Waals surface area contributed by atoms with Crippen LogP contribution in [0.4, 0.5) is 0 Å². The van der Waals surface area contributed by atoms with Crippen molar-refractivity contribution in [2.75, 3.05) is 6.61 Å². The molecule has 1 aromatic rings. The molecule has 1 atom stereocenters. The van der Waals surface area contributed by atoms with E-state index in [1.165, 1.54) is 0 Å². The first-order valence-corrected chi connectivity index (χ1v) is 4.43. The third-order valence-corrected chi connectivity index (χ3v) is 1.82. The van der Waals surface area contributed by atoms with E-state index in [0.29, 0.717) is 6.61 Å². The molecule has 3 N–H and O–H groups in total. The van der Waals surface area contributed by atoms with Crippen molar-refractivity contribution in [3.05, 3.63) is 35.9 Å². The summed E-state index contributed by atoms with van der Waals surface area (Å²) in [5, 5.41) is 11.5. The summed E-state index contributed by atoms with van der Waals surface area (Å²) in [5.41, 5.74) is 6.39. The Morgan fingerprint density at radius 1 is 1.50 bits per heavy atom. The molecule has 0 saturated carbocycles. The van der Waals surface area contributed by atoms with Crippen LogP contribution in [0.2, 0.25) is 0 Å². The summed E-state index contributed by atoms with van der Waals surface area (Å²) in [6, 6.07) is 9.41. The topological polar surface area (TPSA) is 67.8 Å². The quantitative estimate of drug-likeness (QED) is 0.330. The van der Waals surface area contributed by atoms with Gasteiger partial charge < -0.3 is 15.7 Å². The number of benzene rings is 1. The third kappa shape index (κ3) is 2.47. The minimum atomic E-state index is -0.466. The Kier molecular flexibility index (Phi) is 3.94. The molecular formula is C10H14N2O2. The van der Waals surface area contributed by atoms with E-state index in [1.807, 2.05) is 37.3 Å². The highest BCUT2D eigenvalue weighted by atomic mass is 16.5. The molecule has 0 aliphatic heterocycles. The lowest BCUT2D eigenvalue weighted by Crippen LogP contribution is -2.24. The van der Waals surface area contributed by atoms with E-state index >= 15 is 0 Å². The maximum Gasteiger partial charge on any atom is 0.173 e. The monoisotopic (exact) mass is 194 g/mol. The fourth-order valence-corrected chi connectivity index (χ4v) is 1.20. The Hall–Kier alpha value is -1.55. The average Bonchev–Trinajstić information content (AvgIpc) is 2.26. The van der Waals surface area contributed by atoms with Crippen LogP contribution in [-0.2, 0) is 4.74 Å². The highest BCUT2D eigenvalue weighted by Gasteiger charge is 2.15. The molecule has 0 bridgehead atoms. The first kappa shape index (κ1) is 10.5. The van der Waals surface area contributed by atoms with E-state index in [-0.39, 0.29) is 5.84 Å². The molecular weight excluding hydrogens is 180 g/mol. The zero-order valence-corrected chi connectivity index (χ0v) is 8.05. The van der Waals surface area contributed by atoms with E-state index in [1.54, 1.807) is 0 Å². The second-order valence-corrected chi connectivity index (χ2v) is 2.77. The molecule has 0 radical (unpaired) electrons. The van der Waals surface area contributed by atoms with Gasteiger partial charge in [-0.05, 0) is 12.5 Å². The van der Waals surface area contributed by atoms with Crippen molar-refractivity contribution < 1.29 is 9.94 Å². The summed E-state index contributed by atoms with van der Waals surface area (Å²) in [6.45, 7) is 2.37. The summed E-state index contributed by atoms with van der Waals surface area (Å²) in [5.74, 6) is 0.0676. The summed E-state index contributed by atoms with van der Waals surface area (Å²) in [4.78, 5) is 0. The van der Waals surface area contributed by atoms with Gasteiger partial charge in [-0.1, -0.05) is 35.5 Å². The number of rotatable bonds is 4. The second kappa shape index (κ2) is 5.24. The Labute approximate surface area is 83.0 Å². The number of hydrogen-bond donors (Lipinski definition) is 2. The van der Waals surface area contributed by atoms with Gasteiger partial charge in [0.1, 0.15) is 6.10 Å². The largest absolute Gasteiger partial charge is 0.409 e. The van der Waals surface area contributed by atoms with Gasteiger partial charge in [0, 0.05) is 6.61 Å². The van der Waals surface area contributed by atoms with E-state index in [4.69, 9.17) is 15.7 Å². The maximum atomic E-state index is 8.58. The molecule has 0 heterocycles. The lowest BCUT2D eigenvalue weighted by Gasteiger charge is -2.15. The predicted molar refractivity (Wildman–Crippen MR) is 54.2 cm³/mol. The molecule has 0 spiro atoms. The molecule has 0 amide bonds. The Morgan fingerprint density at radius 3 is 2.64 bits per heavy atom. The molecule has 0 aliphatic rings. The molecule has 0 aromatic heterocycles. The zero-order valence-electron chi connectivity index (χ0n) is 8.05. The molecule has 1 unspecified atom stereocenters. The molecule has 4 heteroatoms. The van der Waals surface area contributed by atoms with Gasteiger partial charge in [-0.2, -0.15) is 0 Å². The van der Waals surface area contributed by atoms with Crippen molar-refractivity contribution in [1.29, 1.82) is 0 Å². The third-order valence-electron chi connectivity index (χ3n) is 1.82. The van der Waals surface area contributed by atoms with Crippen LogP contribution in [0.1, 0.15) is 18.6 Å². The van der Waals surface area contributed by atoms with Gasteiger partial charge in [0.05, 0.1) is 0 Å². The molecule has 0 saturated heterocycles. The van der Waals surface area contributed by atoms with Gasteiger partial charge in [-0.25, -0.2) is 0 Å². The van der Waals surface area contributed by atoms with Gasteiger partial charge in [-0.3, -0.25) is 0 Å². The van der Waals surface area contributed by atoms with Crippen molar-refractivity contribution in [2.24, 2.45) is 10.9 Å². The molecule has 14 heavy (non-hydrogen) atoms. The molecule has 1 rings (SSSR count). The van der Waals surface area contributed by atoms with E-state index in [9.17, 15) is 0 Å². The van der Waals surface area contributed by atoms with Crippen LogP contribution < -0.4 is 5.73 Å². The van der Waals surface area contributed by atoms with Crippen molar-refractivity contribution in [1.82, 2.24) is 0 Å². The van der Waals surface area contributed by atoms with Crippen LogP contribution in [0.3, 0.4) is 0 Å².